The summed E-state index contributed by atoms with van der Waals surface area (Å²) in [7, 11) is 0. The minimum absolute atomic E-state index is 0.110. The highest BCUT2D eigenvalue weighted by Crippen LogP contribution is 2.39. The molecule has 2 nitrogen and oxygen atoms in total. The molecule has 1 N–H and O–H groups in total. The number of aromatic amines is 1. The summed E-state index contributed by atoms with van der Waals surface area (Å²) in [5.41, 5.74) is 3.02. The fourth-order valence-electron chi connectivity index (χ4n) is 2.76. The van der Waals surface area contributed by atoms with Crippen LogP contribution in [0.2, 0.25) is 0 Å². The second-order valence-electron chi connectivity index (χ2n) is 8.42. The quantitative estimate of drug-likeness (QED) is 0.669. The predicted molar refractivity (Wildman–Crippen MR) is 93.2 cm³/mol. The summed E-state index contributed by atoms with van der Waals surface area (Å²) in [6, 6.07) is 0. The van der Waals surface area contributed by atoms with Gasteiger partial charge < -0.3 is 4.98 Å². The van der Waals surface area contributed by atoms with Gasteiger partial charge in [0.25, 0.3) is 0 Å². The molecule has 122 valence electrons. The first-order chi connectivity index (χ1) is 9.51. The third kappa shape index (κ3) is 3.70. The highest BCUT2D eigenvalue weighted by atomic mass is 15.0. The number of rotatable bonds is 7. The maximum absolute atomic E-state index is 5.09. The molecule has 0 aliphatic carbocycles. The lowest BCUT2D eigenvalue weighted by Crippen LogP contribution is -2.26. The van der Waals surface area contributed by atoms with Crippen LogP contribution in [-0.4, -0.2) is 9.97 Å². The summed E-state index contributed by atoms with van der Waals surface area (Å²) in [4.78, 5) is 8.82. The van der Waals surface area contributed by atoms with Gasteiger partial charge >= 0.3 is 0 Å². The van der Waals surface area contributed by atoms with Crippen LogP contribution in [0.25, 0.3) is 0 Å². The van der Waals surface area contributed by atoms with Gasteiger partial charge in [0, 0.05) is 21.9 Å². The maximum Gasteiger partial charge on any atom is 0.112 e. The zero-order valence-corrected chi connectivity index (χ0v) is 15.8. The first kappa shape index (κ1) is 18.3. The fraction of sp³-hybridized carbons (Fsp3) is 0.842. The minimum Gasteiger partial charge on any atom is -0.345 e. The van der Waals surface area contributed by atoms with E-state index in [1.807, 2.05) is 0 Å². The molecular weight excluding hydrogens is 256 g/mol. The lowest BCUT2D eigenvalue weighted by Gasteiger charge is -2.29. The number of hydrogen-bond donors (Lipinski definition) is 1. The Labute approximate surface area is 132 Å². The molecule has 0 amide bonds. The molecule has 0 radical (unpaired) electrons. The average molecular weight is 293 g/mol. The molecule has 1 aromatic rings. The van der Waals surface area contributed by atoms with Gasteiger partial charge in [0.1, 0.15) is 5.82 Å². The summed E-state index contributed by atoms with van der Waals surface area (Å²) in [5, 5.41) is 0. The van der Waals surface area contributed by atoms with Gasteiger partial charge in [-0.15, -0.1) is 0 Å². The van der Waals surface area contributed by atoms with E-state index in [0.717, 1.165) is 18.7 Å². The Morgan fingerprint density at radius 2 is 1.33 bits per heavy atom. The van der Waals surface area contributed by atoms with Crippen LogP contribution in [-0.2, 0) is 16.2 Å². The SMILES string of the molecule is CCCC(C)(C)c1[nH]c(C(C)(C)CC)nc1C(C)(C)CC. The monoisotopic (exact) mass is 292 g/mol. The Kier molecular flexibility index (Phi) is 5.34. The second-order valence-corrected chi connectivity index (χ2v) is 8.42. The van der Waals surface area contributed by atoms with E-state index in [0.29, 0.717) is 0 Å². The van der Waals surface area contributed by atoms with Crippen LogP contribution in [0, 0.1) is 0 Å². The summed E-state index contributed by atoms with van der Waals surface area (Å²) >= 11 is 0. The largest absolute Gasteiger partial charge is 0.345 e. The lowest BCUT2D eigenvalue weighted by atomic mass is 9.76. The van der Waals surface area contributed by atoms with E-state index in [4.69, 9.17) is 4.98 Å². The number of aromatic nitrogens is 2. The summed E-state index contributed by atoms with van der Waals surface area (Å²) in [6.45, 7) is 20.7. The first-order valence-electron chi connectivity index (χ1n) is 8.63. The van der Waals surface area contributed by atoms with Crippen molar-refractivity contribution in [2.24, 2.45) is 0 Å². The van der Waals surface area contributed by atoms with Gasteiger partial charge in [-0.3, -0.25) is 0 Å². The van der Waals surface area contributed by atoms with Crippen molar-refractivity contribution in [3.05, 3.63) is 17.2 Å². The van der Waals surface area contributed by atoms with Crippen molar-refractivity contribution in [3.8, 4) is 0 Å². The average Bonchev–Trinajstić information content (AvgIpc) is 2.86. The van der Waals surface area contributed by atoms with Crippen LogP contribution in [0.15, 0.2) is 0 Å². The normalized spacial score (nSPS) is 13.8. The van der Waals surface area contributed by atoms with Crippen molar-refractivity contribution in [3.63, 3.8) is 0 Å². The van der Waals surface area contributed by atoms with Crippen molar-refractivity contribution in [2.75, 3.05) is 0 Å². The lowest BCUT2D eigenvalue weighted by molar-refractivity contribution is 0.425. The number of nitrogens with zero attached hydrogens (tertiary/aromatic N) is 1. The number of H-pyrrole nitrogens is 1. The molecule has 1 aromatic heterocycles. The molecule has 1 rings (SSSR count). The molecule has 0 atom stereocenters. The zero-order chi connectivity index (χ0) is 16.5. The van der Waals surface area contributed by atoms with Gasteiger partial charge in [-0.1, -0.05) is 68.7 Å². The third-order valence-electron chi connectivity index (χ3n) is 5.31. The Morgan fingerprint density at radius 1 is 0.810 bits per heavy atom. The van der Waals surface area contributed by atoms with E-state index in [1.165, 1.54) is 24.2 Å². The molecule has 1 heterocycles. The van der Waals surface area contributed by atoms with Crippen molar-refractivity contribution < 1.29 is 0 Å². The first-order valence-corrected chi connectivity index (χ1v) is 8.63. The Morgan fingerprint density at radius 3 is 1.76 bits per heavy atom. The van der Waals surface area contributed by atoms with Crippen molar-refractivity contribution in [2.45, 2.75) is 104 Å². The molecule has 0 saturated heterocycles. The number of nitrogens with one attached hydrogen (secondary N) is 1. The molecule has 0 spiro atoms. The van der Waals surface area contributed by atoms with E-state index in [-0.39, 0.29) is 16.2 Å². The Bertz CT molecular complexity index is 464. The van der Waals surface area contributed by atoms with Gasteiger partial charge in [-0.05, 0) is 19.3 Å². The smallest absolute Gasteiger partial charge is 0.112 e. The third-order valence-corrected chi connectivity index (χ3v) is 5.31. The molecule has 0 bridgehead atoms. The van der Waals surface area contributed by atoms with E-state index in [1.54, 1.807) is 0 Å². The van der Waals surface area contributed by atoms with Crippen LogP contribution in [0.1, 0.15) is 105 Å². The van der Waals surface area contributed by atoms with Crippen LogP contribution >= 0.6 is 0 Å². The van der Waals surface area contributed by atoms with E-state index in [2.05, 4.69) is 67.3 Å². The van der Waals surface area contributed by atoms with Crippen LogP contribution in [0.5, 0.6) is 0 Å². The molecule has 0 unspecified atom stereocenters. The molecular formula is C19H36N2. The summed E-state index contributed by atoms with van der Waals surface area (Å²) in [6.07, 6.45) is 4.59. The zero-order valence-electron chi connectivity index (χ0n) is 15.8. The highest BCUT2D eigenvalue weighted by molar-refractivity contribution is 5.31. The molecule has 0 aliphatic rings. The van der Waals surface area contributed by atoms with Gasteiger partial charge in [-0.2, -0.15) is 0 Å². The van der Waals surface area contributed by atoms with Crippen LogP contribution in [0.4, 0.5) is 0 Å². The maximum atomic E-state index is 5.09. The molecule has 21 heavy (non-hydrogen) atoms. The molecule has 0 aliphatic heterocycles. The number of hydrogen-bond acceptors (Lipinski definition) is 1. The minimum atomic E-state index is 0.110. The van der Waals surface area contributed by atoms with Gasteiger partial charge in [-0.25, -0.2) is 4.98 Å². The van der Waals surface area contributed by atoms with Gasteiger partial charge in [0.15, 0.2) is 0 Å². The molecule has 0 fully saturated rings. The molecule has 2 heteroatoms. The van der Waals surface area contributed by atoms with Crippen molar-refractivity contribution in [1.82, 2.24) is 9.97 Å². The number of imidazole rings is 1. The van der Waals surface area contributed by atoms with E-state index >= 15 is 0 Å². The topological polar surface area (TPSA) is 28.7 Å². The van der Waals surface area contributed by atoms with Crippen LogP contribution in [0.3, 0.4) is 0 Å². The summed E-state index contributed by atoms with van der Waals surface area (Å²) in [5.74, 6) is 1.15. The van der Waals surface area contributed by atoms with Gasteiger partial charge in [0.2, 0.25) is 0 Å². The Hall–Kier alpha value is -0.790. The van der Waals surface area contributed by atoms with Crippen molar-refractivity contribution >= 4 is 0 Å². The predicted octanol–water partition coefficient (Wildman–Crippen LogP) is 5.86. The van der Waals surface area contributed by atoms with E-state index < -0.39 is 0 Å². The fourth-order valence-corrected chi connectivity index (χ4v) is 2.76. The molecule has 0 aromatic carbocycles. The van der Waals surface area contributed by atoms with Crippen molar-refractivity contribution in [1.29, 1.82) is 0 Å². The van der Waals surface area contributed by atoms with Crippen LogP contribution < -0.4 is 0 Å². The van der Waals surface area contributed by atoms with E-state index in [9.17, 15) is 0 Å². The second kappa shape index (κ2) is 6.14. The standard InChI is InChI=1S/C19H36N2/c1-10-13-19(8,9)15-14(17(4,5)11-2)20-16(21-15)18(6,7)12-3/h10-13H2,1-9H3,(H,20,21). The highest BCUT2D eigenvalue weighted by Gasteiger charge is 2.35. The van der Waals surface area contributed by atoms with Gasteiger partial charge in [0.05, 0.1) is 5.69 Å². The Balaban J connectivity index is 3.47. The molecule has 0 saturated carbocycles. The summed E-state index contributed by atoms with van der Waals surface area (Å²) < 4.78 is 0.